The van der Waals surface area contributed by atoms with E-state index in [0.717, 1.165) is 31.8 Å². The van der Waals surface area contributed by atoms with Crippen LogP contribution in [0.1, 0.15) is 24.2 Å². The number of methoxy groups -OCH3 is 1. The molecule has 5 heteroatoms. The lowest BCUT2D eigenvalue weighted by Gasteiger charge is -2.32. The molecule has 0 saturated carbocycles. The minimum Gasteiger partial charge on any atom is -0.384 e. The van der Waals surface area contributed by atoms with Crippen LogP contribution in [0.5, 0.6) is 0 Å². The lowest BCUT2D eigenvalue weighted by Crippen LogP contribution is -2.38. The largest absolute Gasteiger partial charge is 0.384 e. The number of hydrogen-bond donors (Lipinski definition) is 0. The Kier molecular flexibility index (Phi) is 4.11. The maximum atomic E-state index is 8.94. The molecule has 0 radical (unpaired) electrons. The standard InChI is InChI=1S/C13H18N4O/c1-10-6-12(7-14)16-13(15-10)17-5-3-4-11(8-17)9-18-2/h6,11H,3-5,8-9H2,1-2H3. The smallest absolute Gasteiger partial charge is 0.226 e. The van der Waals surface area contributed by atoms with E-state index in [1.54, 1.807) is 13.2 Å². The highest BCUT2D eigenvalue weighted by atomic mass is 16.5. The molecule has 1 aliphatic heterocycles. The Morgan fingerprint density at radius 2 is 2.39 bits per heavy atom. The first kappa shape index (κ1) is 12.8. The number of aryl methyl sites for hydroxylation is 1. The van der Waals surface area contributed by atoms with Crippen LogP contribution in [0, 0.1) is 24.2 Å². The van der Waals surface area contributed by atoms with Gasteiger partial charge in [-0.2, -0.15) is 5.26 Å². The van der Waals surface area contributed by atoms with Gasteiger partial charge in [0.2, 0.25) is 5.95 Å². The molecule has 1 aliphatic rings. The monoisotopic (exact) mass is 246 g/mol. The summed E-state index contributed by atoms with van der Waals surface area (Å²) in [5.41, 5.74) is 1.27. The third-order valence-electron chi connectivity index (χ3n) is 3.16. The summed E-state index contributed by atoms with van der Waals surface area (Å²) in [6, 6.07) is 3.79. The number of nitrogens with zero attached hydrogens (tertiary/aromatic N) is 4. The van der Waals surface area contributed by atoms with E-state index in [1.807, 2.05) is 6.92 Å². The predicted molar refractivity (Wildman–Crippen MR) is 68.3 cm³/mol. The molecule has 0 aromatic carbocycles. The van der Waals surface area contributed by atoms with Gasteiger partial charge in [-0.25, -0.2) is 9.97 Å². The first-order valence-electron chi connectivity index (χ1n) is 6.22. The van der Waals surface area contributed by atoms with Gasteiger partial charge in [-0.1, -0.05) is 0 Å². The van der Waals surface area contributed by atoms with Crippen LogP contribution in [0.25, 0.3) is 0 Å². The highest BCUT2D eigenvalue weighted by Crippen LogP contribution is 2.21. The number of ether oxygens (including phenoxy) is 1. The molecule has 1 unspecified atom stereocenters. The molecule has 1 aromatic rings. The number of rotatable bonds is 3. The summed E-state index contributed by atoms with van der Waals surface area (Å²) in [4.78, 5) is 10.9. The van der Waals surface area contributed by atoms with Crippen LogP contribution in [0.2, 0.25) is 0 Å². The molecular formula is C13H18N4O. The van der Waals surface area contributed by atoms with E-state index >= 15 is 0 Å². The van der Waals surface area contributed by atoms with Crippen molar-refractivity contribution in [3.63, 3.8) is 0 Å². The van der Waals surface area contributed by atoms with Crippen molar-refractivity contribution in [1.82, 2.24) is 9.97 Å². The second kappa shape index (κ2) is 5.78. The number of anilines is 1. The van der Waals surface area contributed by atoms with Gasteiger partial charge in [-0.3, -0.25) is 0 Å². The fraction of sp³-hybridized carbons (Fsp3) is 0.615. The van der Waals surface area contributed by atoms with Gasteiger partial charge < -0.3 is 9.64 Å². The molecule has 1 fully saturated rings. The Balaban J connectivity index is 2.15. The molecule has 0 amide bonds. The SMILES string of the molecule is COCC1CCCN(c2nc(C)cc(C#N)n2)C1. The number of piperidine rings is 1. The number of nitriles is 1. The van der Waals surface area contributed by atoms with Crippen molar-refractivity contribution in [2.75, 3.05) is 31.7 Å². The van der Waals surface area contributed by atoms with Gasteiger partial charge in [0.1, 0.15) is 11.8 Å². The van der Waals surface area contributed by atoms with Gasteiger partial charge >= 0.3 is 0 Å². The van der Waals surface area contributed by atoms with Crippen LogP contribution in [-0.2, 0) is 4.74 Å². The van der Waals surface area contributed by atoms with E-state index in [9.17, 15) is 0 Å². The third-order valence-corrected chi connectivity index (χ3v) is 3.16. The Hall–Kier alpha value is -1.67. The summed E-state index contributed by atoms with van der Waals surface area (Å²) in [5, 5.41) is 8.94. The summed E-state index contributed by atoms with van der Waals surface area (Å²) >= 11 is 0. The highest BCUT2D eigenvalue weighted by molar-refractivity contribution is 5.36. The van der Waals surface area contributed by atoms with Gasteiger partial charge in [0, 0.05) is 25.9 Å². The molecule has 1 aromatic heterocycles. The van der Waals surface area contributed by atoms with E-state index in [2.05, 4.69) is 20.9 Å². The zero-order chi connectivity index (χ0) is 13.0. The highest BCUT2D eigenvalue weighted by Gasteiger charge is 2.22. The van der Waals surface area contributed by atoms with Crippen molar-refractivity contribution >= 4 is 5.95 Å². The molecule has 0 bridgehead atoms. The Morgan fingerprint density at radius 3 is 3.11 bits per heavy atom. The number of hydrogen-bond acceptors (Lipinski definition) is 5. The minimum atomic E-state index is 0.436. The van der Waals surface area contributed by atoms with Crippen molar-refractivity contribution in [1.29, 1.82) is 5.26 Å². The van der Waals surface area contributed by atoms with Crippen molar-refractivity contribution in [3.05, 3.63) is 17.5 Å². The summed E-state index contributed by atoms with van der Waals surface area (Å²) in [7, 11) is 1.73. The van der Waals surface area contributed by atoms with Crippen LogP contribution < -0.4 is 4.90 Å². The molecule has 5 nitrogen and oxygen atoms in total. The maximum Gasteiger partial charge on any atom is 0.226 e. The Labute approximate surface area is 107 Å². The van der Waals surface area contributed by atoms with E-state index in [0.29, 0.717) is 17.6 Å². The lowest BCUT2D eigenvalue weighted by molar-refractivity contribution is 0.143. The minimum absolute atomic E-state index is 0.436. The molecule has 18 heavy (non-hydrogen) atoms. The fourth-order valence-electron chi connectivity index (χ4n) is 2.37. The van der Waals surface area contributed by atoms with Gasteiger partial charge in [-0.05, 0) is 31.7 Å². The van der Waals surface area contributed by atoms with Gasteiger partial charge in [0.05, 0.1) is 6.61 Å². The third kappa shape index (κ3) is 2.96. The normalized spacial score (nSPS) is 19.6. The average molecular weight is 246 g/mol. The van der Waals surface area contributed by atoms with Crippen LogP contribution in [0.15, 0.2) is 6.07 Å². The molecule has 1 saturated heterocycles. The van der Waals surface area contributed by atoms with Crippen molar-refractivity contribution in [2.24, 2.45) is 5.92 Å². The molecule has 0 N–H and O–H groups in total. The van der Waals surface area contributed by atoms with Crippen LogP contribution in [-0.4, -0.2) is 36.8 Å². The maximum absolute atomic E-state index is 8.94. The summed E-state index contributed by atoms with van der Waals surface area (Å²) in [6.07, 6.45) is 2.30. The number of aromatic nitrogens is 2. The summed E-state index contributed by atoms with van der Waals surface area (Å²) < 4.78 is 5.21. The quantitative estimate of drug-likeness (QED) is 0.809. The molecule has 2 rings (SSSR count). The molecule has 0 aliphatic carbocycles. The molecule has 96 valence electrons. The van der Waals surface area contributed by atoms with E-state index in [-0.39, 0.29) is 0 Å². The first-order chi connectivity index (χ1) is 8.72. The average Bonchev–Trinajstić information content (AvgIpc) is 2.39. The van der Waals surface area contributed by atoms with Crippen molar-refractivity contribution < 1.29 is 4.74 Å². The Morgan fingerprint density at radius 1 is 1.56 bits per heavy atom. The predicted octanol–water partition coefficient (Wildman–Crippen LogP) is 1.52. The second-order valence-corrected chi connectivity index (χ2v) is 4.72. The van der Waals surface area contributed by atoms with Crippen LogP contribution >= 0.6 is 0 Å². The Bertz CT molecular complexity index is 453. The van der Waals surface area contributed by atoms with Gasteiger partial charge in [0.15, 0.2) is 0 Å². The lowest BCUT2D eigenvalue weighted by atomic mass is 9.99. The first-order valence-corrected chi connectivity index (χ1v) is 6.22. The van der Waals surface area contributed by atoms with Crippen LogP contribution in [0.3, 0.4) is 0 Å². The van der Waals surface area contributed by atoms with E-state index in [4.69, 9.17) is 10.00 Å². The molecule has 0 spiro atoms. The molecule has 1 atom stereocenters. The van der Waals surface area contributed by atoms with Gasteiger partial charge in [0.25, 0.3) is 0 Å². The molecule has 2 heterocycles. The van der Waals surface area contributed by atoms with Crippen molar-refractivity contribution in [3.8, 4) is 6.07 Å². The zero-order valence-corrected chi connectivity index (χ0v) is 10.9. The topological polar surface area (TPSA) is 62.0 Å². The van der Waals surface area contributed by atoms with Crippen LogP contribution in [0.4, 0.5) is 5.95 Å². The fourth-order valence-corrected chi connectivity index (χ4v) is 2.37. The molecular weight excluding hydrogens is 228 g/mol. The van der Waals surface area contributed by atoms with E-state index < -0.39 is 0 Å². The van der Waals surface area contributed by atoms with E-state index in [1.165, 1.54) is 6.42 Å². The summed E-state index contributed by atoms with van der Waals surface area (Å²) in [6.45, 7) is 4.52. The van der Waals surface area contributed by atoms with Gasteiger partial charge in [-0.15, -0.1) is 0 Å². The zero-order valence-electron chi connectivity index (χ0n) is 10.9. The second-order valence-electron chi connectivity index (χ2n) is 4.72. The summed E-state index contributed by atoms with van der Waals surface area (Å²) in [5.74, 6) is 1.20. The van der Waals surface area contributed by atoms with Crippen molar-refractivity contribution in [2.45, 2.75) is 19.8 Å².